The van der Waals surface area contributed by atoms with Crippen LogP contribution < -0.4 is 0 Å². The molecule has 1 aliphatic rings. The monoisotopic (exact) mass is 237 g/mol. The molecule has 5 heteroatoms. The maximum atomic E-state index is 9.25. The Balaban J connectivity index is 1.76. The molecule has 0 unspecified atom stereocenters. The van der Waals surface area contributed by atoms with E-state index in [2.05, 4.69) is 20.5 Å². The van der Waals surface area contributed by atoms with Crippen LogP contribution in [-0.4, -0.2) is 38.6 Å². The fourth-order valence-corrected chi connectivity index (χ4v) is 3.09. The Labute approximate surface area is 98.1 Å². The molecule has 1 saturated heterocycles. The lowest BCUT2D eigenvalue weighted by molar-refractivity contribution is 0.152. The molecule has 3 heterocycles. The first-order valence-corrected chi connectivity index (χ1v) is 6.51. The minimum absolute atomic E-state index is 0.266. The van der Waals surface area contributed by atoms with Gasteiger partial charge in [0, 0.05) is 30.4 Å². The summed E-state index contributed by atoms with van der Waals surface area (Å²) in [6, 6.07) is 0.333. The minimum atomic E-state index is 0.266. The van der Waals surface area contributed by atoms with Gasteiger partial charge in [0.15, 0.2) is 4.96 Å². The molecular formula is C11H15N3OS. The van der Waals surface area contributed by atoms with E-state index >= 15 is 0 Å². The van der Waals surface area contributed by atoms with Crippen LogP contribution in [0.2, 0.25) is 0 Å². The SMILES string of the molecule is OC[C@@H]1CCCN1Cc1cn2ccsc2n1. The summed E-state index contributed by atoms with van der Waals surface area (Å²) < 4.78 is 2.06. The van der Waals surface area contributed by atoms with Crippen molar-refractivity contribution >= 4 is 16.3 Å². The first-order chi connectivity index (χ1) is 7.86. The summed E-state index contributed by atoms with van der Waals surface area (Å²) in [7, 11) is 0. The van der Waals surface area contributed by atoms with E-state index in [1.54, 1.807) is 11.3 Å². The fourth-order valence-electron chi connectivity index (χ4n) is 2.37. The predicted octanol–water partition coefficient (Wildman–Crippen LogP) is 1.35. The largest absolute Gasteiger partial charge is 0.395 e. The van der Waals surface area contributed by atoms with Crippen LogP contribution in [0.5, 0.6) is 0 Å². The number of hydrogen-bond donors (Lipinski definition) is 1. The fraction of sp³-hybridized carbons (Fsp3) is 0.545. The number of imidazole rings is 1. The zero-order valence-electron chi connectivity index (χ0n) is 9.04. The summed E-state index contributed by atoms with van der Waals surface area (Å²) in [6.45, 7) is 2.21. The number of aliphatic hydroxyl groups is 1. The smallest absolute Gasteiger partial charge is 0.193 e. The average Bonchev–Trinajstić information content (AvgIpc) is 2.92. The molecule has 0 spiro atoms. The van der Waals surface area contributed by atoms with Gasteiger partial charge in [-0.3, -0.25) is 9.30 Å². The Hall–Kier alpha value is -0.910. The summed E-state index contributed by atoms with van der Waals surface area (Å²) >= 11 is 1.66. The molecule has 1 N–H and O–H groups in total. The van der Waals surface area contributed by atoms with Gasteiger partial charge >= 0.3 is 0 Å². The number of rotatable bonds is 3. The minimum Gasteiger partial charge on any atom is -0.395 e. The Bertz CT molecular complexity index is 450. The maximum Gasteiger partial charge on any atom is 0.193 e. The van der Waals surface area contributed by atoms with Gasteiger partial charge in [-0.25, -0.2) is 4.98 Å². The second-order valence-corrected chi connectivity index (χ2v) is 5.15. The average molecular weight is 237 g/mol. The molecule has 86 valence electrons. The molecule has 16 heavy (non-hydrogen) atoms. The summed E-state index contributed by atoms with van der Waals surface area (Å²) in [6.07, 6.45) is 6.41. The lowest BCUT2D eigenvalue weighted by Gasteiger charge is -2.21. The highest BCUT2D eigenvalue weighted by Gasteiger charge is 2.24. The van der Waals surface area contributed by atoms with Crippen molar-refractivity contribution in [3.8, 4) is 0 Å². The van der Waals surface area contributed by atoms with E-state index in [0.717, 1.165) is 30.2 Å². The molecule has 4 nitrogen and oxygen atoms in total. The first-order valence-electron chi connectivity index (χ1n) is 5.63. The number of hydrogen-bond acceptors (Lipinski definition) is 4. The quantitative estimate of drug-likeness (QED) is 0.876. The van der Waals surface area contributed by atoms with Gasteiger partial charge < -0.3 is 5.11 Å². The van der Waals surface area contributed by atoms with E-state index in [4.69, 9.17) is 0 Å². The van der Waals surface area contributed by atoms with Crippen molar-refractivity contribution in [2.75, 3.05) is 13.2 Å². The Kier molecular flexibility index (Phi) is 2.67. The van der Waals surface area contributed by atoms with Crippen LogP contribution in [-0.2, 0) is 6.54 Å². The predicted molar refractivity (Wildman–Crippen MR) is 63.6 cm³/mol. The molecule has 0 amide bonds. The summed E-state index contributed by atoms with van der Waals surface area (Å²) in [5.41, 5.74) is 1.10. The first kappa shape index (κ1) is 10.3. The normalized spacial score (nSPS) is 22.2. The molecule has 0 aliphatic carbocycles. The van der Waals surface area contributed by atoms with Crippen molar-refractivity contribution in [1.29, 1.82) is 0 Å². The molecule has 0 saturated carbocycles. The zero-order chi connectivity index (χ0) is 11.0. The zero-order valence-corrected chi connectivity index (χ0v) is 9.86. The number of fused-ring (bicyclic) bond motifs is 1. The van der Waals surface area contributed by atoms with E-state index in [9.17, 15) is 5.11 Å². The van der Waals surface area contributed by atoms with E-state index < -0.39 is 0 Å². The van der Waals surface area contributed by atoms with E-state index in [-0.39, 0.29) is 6.61 Å². The topological polar surface area (TPSA) is 40.8 Å². The highest BCUT2D eigenvalue weighted by molar-refractivity contribution is 7.15. The van der Waals surface area contributed by atoms with Crippen LogP contribution in [0, 0.1) is 0 Å². The van der Waals surface area contributed by atoms with Gasteiger partial charge in [-0.2, -0.15) is 0 Å². The molecule has 2 aromatic heterocycles. The van der Waals surface area contributed by atoms with Crippen molar-refractivity contribution in [3.05, 3.63) is 23.5 Å². The number of nitrogens with zero attached hydrogens (tertiary/aromatic N) is 3. The number of aromatic nitrogens is 2. The van der Waals surface area contributed by atoms with Gasteiger partial charge in [0.2, 0.25) is 0 Å². The molecule has 3 rings (SSSR count). The molecule has 1 atom stereocenters. The Morgan fingerprint density at radius 3 is 3.31 bits per heavy atom. The molecule has 1 aliphatic heterocycles. The van der Waals surface area contributed by atoms with Crippen molar-refractivity contribution in [2.45, 2.75) is 25.4 Å². The standard InChI is InChI=1S/C11H15N3OS/c15-8-10-2-1-3-13(10)6-9-7-14-4-5-16-11(14)12-9/h4-5,7,10,15H,1-3,6,8H2/t10-/m0/s1. The van der Waals surface area contributed by atoms with Crippen LogP contribution >= 0.6 is 11.3 Å². The van der Waals surface area contributed by atoms with E-state index in [1.807, 2.05) is 11.6 Å². The van der Waals surface area contributed by atoms with Crippen LogP contribution in [0.3, 0.4) is 0 Å². The summed E-state index contributed by atoms with van der Waals surface area (Å²) in [5, 5.41) is 11.3. The lowest BCUT2D eigenvalue weighted by Crippen LogP contribution is -2.31. The lowest BCUT2D eigenvalue weighted by atomic mass is 10.2. The Morgan fingerprint density at radius 1 is 1.56 bits per heavy atom. The van der Waals surface area contributed by atoms with Gasteiger partial charge in [0.1, 0.15) is 0 Å². The van der Waals surface area contributed by atoms with Crippen LogP contribution in [0.1, 0.15) is 18.5 Å². The molecule has 2 aromatic rings. The van der Waals surface area contributed by atoms with Crippen molar-refractivity contribution < 1.29 is 5.11 Å². The molecule has 0 aromatic carbocycles. The Morgan fingerprint density at radius 2 is 2.50 bits per heavy atom. The third kappa shape index (κ3) is 1.75. The summed E-state index contributed by atoms with van der Waals surface area (Å²) in [4.78, 5) is 7.94. The van der Waals surface area contributed by atoms with Crippen molar-refractivity contribution in [3.63, 3.8) is 0 Å². The second kappa shape index (κ2) is 4.16. The third-order valence-corrected chi connectivity index (χ3v) is 3.99. The summed E-state index contributed by atoms with van der Waals surface area (Å²) in [5.74, 6) is 0. The van der Waals surface area contributed by atoms with Gasteiger partial charge in [0.25, 0.3) is 0 Å². The molecule has 0 bridgehead atoms. The van der Waals surface area contributed by atoms with E-state index in [1.165, 1.54) is 6.42 Å². The van der Waals surface area contributed by atoms with Crippen LogP contribution in [0.15, 0.2) is 17.8 Å². The number of likely N-dealkylation sites (tertiary alicyclic amines) is 1. The maximum absolute atomic E-state index is 9.25. The molecule has 0 radical (unpaired) electrons. The van der Waals surface area contributed by atoms with E-state index in [0.29, 0.717) is 6.04 Å². The second-order valence-electron chi connectivity index (χ2n) is 4.27. The van der Waals surface area contributed by atoms with Gasteiger partial charge in [-0.1, -0.05) is 0 Å². The van der Waals surface area contributed by atoms with Crippen molar-refractivity contribution in [2.24, 2.45) is 0 Å². The van der Waals surface area contributed by atoms with Crippen molar-refractivity contribution in [1.82, 2.24) is 14.3 Å². The van der Waals surface area contributed by atoms with Gasteiger partial charge in [-0.15, -0.1) is 11.3 Å². The molecular weight excluding hydrogens is 222 g/mol. The number of thiazole rings is 1. The van der Waals surface area contributed by atoms with Gasteiger partial charge in [-0.05, 0) is 19.4 Å². The van der Waals surface area contributed by atoms with Gasteiger partial charge in [0.05, 0.1) is 12.3 Å². The van der Waals surface area contributed by atoms with Crippen LogP contribution in [0.4, 0.5) is 0 Å². The van der Waals surface area contributed by atoms with Crippen LogP contribution in [0.25, 0.3) is 4.96 Å². The highest BCUT2D eigenvalue weighted by Crippen LogP contribution is 2.20. The highest BCUT2D eigenvalue weighted by atomic mass is 32.1. The third-order valence-electron chi connectivity index (χ3n) is 3.22. The molecule has 1 fully saturated rings. The number of aliphatic hydroxyl groups excluding tert-OH is 1.